The molecule has 2 aromatic carbocycles. The summed E-state index contributed by atoms with van der Waals surface area (Å²) in [5.74, 6) is 0.344. The number of nitrogens with two attached hydrogens (primary N) is 1. The van der Waals surface area contributed by atoms with E-state index in [0.717, 1.165) is 12.8 Å². The molecule has 2 amide bonds. The number of ether oxygens (including phenoxy) is 2. The number of carbonyl (C=O) groups is 2. The standard InChI is InChI=1S/C21H26N2O4/c1-3-4-5-6-13-27-18-12-9-16(14-19(18)26-2)21(25)23-17-10-7-15(8-11-17)20(22)24/h7-12,14H,3-6,13H2,1-2H3,(H2,22,24)(H,23,25). The number of hydrogen-bond acceptors (Lipinski definition) is 4. The Hall–Kier alpha value is -3.02. The zero-order chi connectivity index (χ0) is 19.6. The number of nitrogens with one attached hydrogen (secondary N) is 1. The molecule has 0 aliphatic heterocycles. The molecule has 144 valence electrons. The van der Waals surface area contributed by atoms with Crippen LogP contribution in [0, 0.1) is 0 Å². The van der Waals surface area contributed by atoms with Gasteiger partial charge in [0.25, 0.3) is 5.91 Å². The topological polar surface area (TPSA) is 90.6 Å². The number of rotatable bonds is 10. The second kappa shape index (κ2) is 10.2. The van der Waals surface area contributed by atoms with Gasteiger partial charge in [0.05, 0.1) is 13.7 Å². The fourth-order valence-corrected chi connectivity index (χ4v) is 2.56. The quantitative estimate of drug-likeness (QED) is 0.618. The van der Waals surface area contributed by atoms with Crippen molar-refractivity contribution in [2.24, 2.45) is 5.73 Å². The molecule has 0 heterocycles. The SMILES string of the molecule is CCCCCCOc1ccc(C(=O)Nc2ccc(C(N)=O)cc2)cc1OC. The zero-order valence-corrected chi connectivity index (χ0v) is 15.8. The Kier molecular flexibility index (Phi) is 7.67. The number of anilines is 1. The number of unbranched alkanes of at least 4 members (excludes halogenated alkanes) is 3. The van der Waals surface area contributed by atoms with Gasteiger partial charge in [-0.05, 0) is 48.9 Å². The molecule has 3 N–H and O–H groups in total. The molecule has 0 aromatic heterocycles. The van der Waals surface area contributed by atoms with Gasteiger partial charge in [-0.2, -0.15) is 0 Å². The average molecular weight is 370 g/mol. The first-order valence-corrected chi connectivity index (χ1v) is 9.07. The van der Waals surface area contributed by atoms with Crippen LogP contribution >= 0.6 is 0 Å². The van der Waals surface area contributed by atoms with Crippen LogP contribution in [0.15, 0.2) is 42.5 Å². The summed E-state index contributed by atoms with van der Waals surface area (Å²) < 4.78 is 11.1. The molecule has 0 atom stereocenters. The maximum absolute atomic E-state index is 12.4. The third-order valence-corrected chi connectivity index (χ3v) is 4.11. The van der Waals surface area contributed by atoms with Gasteiger partial charge < -0.3 is 20.5 Å². The van der Waals surface area contributed by atoms with Gasteiger partial charge in [0, 0.05) is 16.8 Å². The summed E-state index contributed by atoms with van der Waals surface area (Å²) in [7, 11) is 1.55. The Balaban J connectivity index is 2.00. The maximum Gasteiger partial charge on any atom is 0.255 e. The number of carbonyl (C=O) groups excluding carboxylic acids is 2. The van der Waals surface area contributed by atoms with Crippen molar-refractivity contribution in [2.45, 2.75) is 32.6 Å². The van der Waals surface area contributed by atoms with Crippen LogP contribution in [0.3, 0.4) is 0 Å². The van der Waals surface area contributed by atoms with Crippen LogP contribution in [0.1, 0.15) is 53.3 Å². The second-order valence-electron chi connectivity index (χ2n) is 6.17. The highest BCUT2D eigenvalue weighted by Crippen LogP contribution is 2.28. The lowest BCUT2D eigenvalue weighted by Gasteiger charge is -2.12. The van der Waals surface area contributed by atoms with Crippen molar-refractivity contribution in [1.29, 1.82) is 0 Å². The number of amides is 2. The number of primary amides is 1. The van der Waals surface area contributed by atoms with E-state index >= 15 is 0 Å². The van der Waals surface area contributed by atoms with Crippen molar-refractivity contribution in [3.05, 3.63) is 53.6 Å². The molecular weight excluding hydrogens is 344 g/mol. The van der Waals surface area contributed by atoms with Gasteiger partial charge in [-0.25, -0.2) is 0 Å². The Morgan fingerprint density at radius 1 is 0.963 bits per heavy atom. The van der Waals surface area contributed by atoms with E-state index < -0.39 is 5.91 Å². The molecule has 0 fully saturated rings. The first-order valence-electron chi connectivity index (χ1n) is 9.07. The van der Waals surface area contributed by atoms with E-state index in [1.165, 1.54) is 12.8 Å². The highest BCUT2D eigenvalue weighted by molar-refractivity contribution is 6.05. The fraction of sp³-hybridized carbons (Fsp3) is 0.333. The van der Waals surface area contributed by atoms with Crippen LogP contribution < -0.4 is 20.5 Å². The van der Waals surface area contributed by atoms with Gasteiger partial charge in [0.15, 0.2) is 11.5 Å². The third kappa shape index (κ3) is 6.02. The molecule has 2 aromatic rings. The normalized spacial score (nSPS) is 10.3. The van der Waals surface area contributed by atoms with E-state index in [4.69, 9.17) is 15.2 Å². The monoisotopic (exact) mass is 370 g/mol. The molecule has 0 unspecified atom stereocenters. The summed E-state index contributed by atoms with van der Waals surface area (Å²) in [6, 6.07) is 11.5. The Morgan fingerprint density at radius 2 is 1.67 bits per heavy atom. The molecular formula is C21H26N2O4. The van der Waals surface area contributed by atoms with E-state index in [9.17, 15) is 9.59 Å². The van der Waals surface area contributed by atoms with Gasteiger partial charge in [-0.1, -0.05) is 26.2 Å². The van der Waals surface area contributed by atoms with E-state index in [-0.39, 0.29) is 5.91 Å². The Bertz CT molecular complexity index is 772. The van der Waals surface area contributed by atoms with Gasteiger partial charge in [-0.15, -0.1) is 0 Å². The first kappa shape index (κ1) is 20.3. The first-order chi connectivity index (χ1) is 13.0. The minimum atomic E-state index is -0.511. The summed E-state index contributed by atoms with van der Waals surface area (Å²) in [6.45, 7) is 2.79. The van der Waals surface area contributed by atoms with Gasteiger partial charge >= 0.3 is 0 Å². The molecule has 0 spiro atoms. The summed E-state index contributed by atoms with van der Waals surface area (Å²) >= 11 is 0. The van der Waals surface area contributed by atoms with Crippen molar-refractivity contribution in [3.8, 4) is 11.5 Å². The minimum absolute atomic E-state index is 0.283. The van der Waals surface area contributed by atoms with Crippen LogP contribution in [-0.2, 0) is 0 Å². The predicted molar refractivity (Wildman–Crippen MR) is 106 cm³/mol. The molecule has 27 heavy (non-hydrogen) atoms. The molecule has 2 rings (SSSR count). The van der Waals surface area contributed by atoms with Crippen molar-refractivity contribution in [2.75, 3.05) is 19.0 Å². The average Bonchev–Trinajstić information content (AvgIpc) is 2.68. The molecule has 0 saturated carbocycles. The third-order valence-electron chi connectivity index (χ3n) is 4.11. The minimum Gasteiger partial charge on any atom is -0.493 e. The summed E-state index contributed by atoms with van der Waals surface area (Å²) in [4.78, 5) is 23.5. The smallest absolute Gasteiger partial charge is 0.255 e. The zero-order valence-electron chi connectivity index (χ0n) is 15.8. The lowest BCUT2D eigenvalue weighted by Crippen LogP contribution is -2.13. The highest BCUT2D eigenvalue weighted by atomic mass is 16.5. The highest BCUT2D eigenvalue weighted by Gasteiger charge is 2.12. The van der Waals surface area contributed by atoms with Crippen molar-refractivity contribution in [3.63, 3.8) is 0 Å². The van der Waals surface area contributed by atoms with E-state index in [2.05, 4.69) is 12.2 Å². The number of methoxy groups -OCH3 is 1. The number of hydrogen-bond donors (Lipinski definition) is 2. The molecule has 0 aliphatic carbocycles. The van der Waals surface area contributed by atoms with Crippen LogP contribution in [0.4, 0.5) is 5.69 Å². The predicted octanol–water partition coefficient (Wildman–Crippen LogP) is 4.01. The van der Waals surface area contributed by atoms with Gasteiger partial charge in [0.2, 0.25) is 5.91 Å². The molecule has 6 heteroatoms. The van der Waals surface area contributed by atoms with Crippen LogP contribution in [0.5, 0.6) is 11.5 Å². The molecule has 0 radical (unpaired) electrons. The Labute approximate surface area is 159 Å². The van der Waals surface area contributed by atoms with E-state index in [0.29, 0.717) is 34.9 Å². The van der Waals surface area contributed by atoms with Gasteiger partial charge in [-0.3, -0.25) is 9.59 Å². The lowest BCUT2D eigenvalue weighted by atomic mass is 10.1. The summed E-state index contributed by atoms with van der Waals surface area (Å²) in [5.41, 5.74) is 6.61. The fourth-order valence-electron chi connectivity index (χ4n) is 2.56. The van der Waals surface area contributed by atoms with Crippen LogP contribution in [0.2, 0.25) is 0 Å². The van der Waals surface area contributed by atoms with E-state index in [1.807, 2.05) is 0 Å². The van der Waals surface area contributed by atoms with Crippen LogP contribution in [0.25, 0.3) is 0 Å². The molecule has 0 bridgehead atoms. The van der Waals surface area contributed by atoms with Crippen LogP contribution in [-0.4, -0.2) is 25.5 Å². The Morgan fingerprint density at radius 3 is 2.30 bits per heavy atom. The van der Waals surface area contributed by atoms with Crippen molar-refractivity contribution >= 4 is 17.5 Å². The molecule has 0 saturated heterocycles. The summed E-state index contributed by atoms with van der Waals surface area (Å²) in [6.07, 6.45) is 4.49. The maximum atomic E-state index is 12.4. The van der Waals surface area contributed by atoms with E-state index in [1.54, 1.807) is 49.6 Å². The molecule has 0 aliphatic rings. The van der Waals surface area contributed by atoms with Gasteiger partial charge in [0.1, 0.15) is 0 Å². The van der Waals surface area contributed by atoms with Crippen molar-refractivity contribution < 1.29 is 19.1 Å². The number of benzene rings is 2. The largest absolute Gasteiger partial charge is 0.493 e. The van der Waals surface area contributed by atoms with Crippen molar-refractivity contribution in [1.82, 2.24) is 0 Å². The lowest BCUT2D eigenvalue weighted by molar-refractivity contribution is 0.0998. The molecule has 6 nitrogen and oxygen atoms in total. The second-order valence-corrected chi connectivity index (χ2v) is 6.17. The summed E-state index contributed by atoms with van der Waals surface area (Å²) in [5, 5.41) is 2.77.